The minimum absolute atomic E-state index is 0.0836. The normalized spacial score (nSPS) is 11.0. The molecular formula is C25H26N4O3. The summed E-state index contributed by atoms with van der Waals surface area (Å²) in [7, 11) is 0. The van der Waals surface area contributed by atoms with Gasteiger partial charge in [-0.15, -0.1) is 0 Å². The fourth-order valence-corrected chi connectivity index (χ4v) is 3.68. The summed E-state index contributed by atoms with van der Waals surface area (Å²) >= 11 is 0. The van der Waals surface area contributed by atoms with Crippen LogP contribution < -0.4 is 10.1 Å². The number of carbonyl (C=O) groups is 1. The predicted molar refractivity (Wildman–Crippen MR) is 125 cm³/mol. The number of pyridine rings is 1. The average molecular weight is 431 g/mol. The number of ether oxygens (including phenoxy) is 1. The molecule has 4 rings (SSSR count). The Bertz CT molecular complexity index is 1280. The highest BCUT2D eigenvalue weighted by molar-refractivity contribution is 6.05. The van der Waals surface area contributed by atoms with Crippen LogP contribution in [0.5, 0.6) is 5.75 Å². The molecule has 0 fully saturated rings. The number of aryl methyl sites for hydroxylation is 3. The van der Waals surface area contributed by atoms with Gasteiger partial charge in [-0.2, -0.15) is 5.10 Å². The molecule has 0 radical (unpaired) electrons. The van der Waals surface area contributed by atoms with Crippen LogP contribution in [0.25, 0.3) is 22.3 Å². The Morgan fingerprint density at radius 2 is 1.97 bits per heavy atom. The fraction of sp³-hybridized carbons (Fsp3) is 0.240. The van der Waals surface area contributed by atoms with Crippen molar-refractivity contribution in [1.82, 2.24) is 15.2 Å². The van der Waals surface area contributed by atoms with E-state index in [9.17, 15) is 4.79 Å². The molecule has 0 bridgehead atoms. The molecule has 0 saturated heterocycles. The number of rotatable bonds is 7. The highest BCUT2D eigenvalue weighted by atomic mass is 16.5. The second-order valence-electron chi connectivity index (χ2n) is 7.71. The van der Waals surface area contributed by atoms with Gasteiger partial charge < -0.3 is 15.2 Å². The first-order valence-corrected chi connectivity index (χ1v) is 10.6. The van der Waals surface area contributed by atoms with Gasteiger partial charge in [0.1, 0.15) is 12.4 Å². The maximum atomic E-state index is 12.9. The van der Waals surface area contributed by atoms with Gasteiger partial charge in [-0.1, -0.05) is 13.0 Å². The van der Waals surface area contributed by atoms with Crippen LogP contribution in [0.2, 0.25) is 0 Å². The Morgan fingerprint density at radius 1 is 1.12 bits per heavy atom. The van der Waals surface area contributed by atoms with Crippen molar-refractivity contribution in [2.75, 3.05) is 18.5 Å². The molecule has 3 N–H and O–H groups in total. The summed E-state index contributed by atoms with van der Waals surface area (Å²) in [6.07, 6.45) is 0.841. The molecule has 0 aliphatic rings. The Balaban J connectivity index is 1.61. The van der Waals surface area contributed by atoms with Crippen molar-refractivity contribution in [3.05, 3.63) is 70.9 Å². The number of carbonyl (C=O) groups excluding carboxylic acids is 1. The highest BCUT2D eigenvalue weighted by Crippen LogP contribution is 2.28. The van der Waals surface area contributed by atoms with Gasteiger partial charge in [0.25, 0.3) is 5.91 Å². The zero-order valence-corrected chi connectivity index (χ0v) is 18.4. The Labute approximate surface area is 186 Å². The first kappa shape index (κ1) is 21.5. The predicted octanol–water partition coefficient (Wildman–Crippen LogP) is 4.43. The molecule has 0 saturated carbocycles. The van der Waals surface area contributed by atoms with Crippen LogP contribution in [0.3, 0.4) is 0 Å². The van der Waals surface area contributed by atoms with Crippen LogP contribution in [0.4, 0.5) is 5.69 Å². The van der Waals surface area contributed by atoms with Gasteiger partial charge in [0.2, 0.25) is 0 Å². The zero-order chi connectivity index (χ0) is 22.7. The lowest BCUT2D eigenvalue weighted by Gasteiger charge is -2.12. The fourth-order valence-electron chi connectivity index (χ4n) is 3.68. The minimum Gasteiger partial charge on any atom is -0.491 e. The molecule has 2 aromatic heterocycles. The van der Waals surface area contributed by atoms with Crippen LogP contribution in [0.15, 0.2) is 48.5 Å². The zero-order valence-electron chi connectivity index (χ0n) is 18.4. The molecule has 0 unspecified atom stereocenters. The number of anilines is 1. The number of aromatic nitrogens is 3. The van der Waals surface area contributed by atoms with Crippen molar-refractivity contribution in [3.8, 4) is 17.0 Å². The number of aromatic amines is 1. The molecule has 4 aromatic rings. The minimum atomic E-state index is -0.234. The quantitative estimate of drug-likeness (QED) is 0.403. The number of H-pyrrole nitrogens is 1. The number of benzene rings is 2. The average Bonchev–Trinajstić information content (AvgIpc) is 3.21. The molecule has 164 valence electrons. The van der Waals surface area contributed by atoms with Crippen LogP contribution >= 0.6 is 0 Å². The van der Waals surface area contributed by atoms with E-state index in [1.54, 1.807) is 12.1 Å². The molecular weight excluding hydrogens is 404 g/mol. The molecule has 2 aromatic carbocycles. The van der Waals surface area contributed by atoms with Crippen molar-refractivity contribution < 1.29 is 14.6 Å². The van der Waals surface area contributed by atoms with Crippen LogP contribution in [-0.4, -0.2) is 39.4 Å². The summed E-state index contributed by atoms with van der Waals surface area (Å²) in [6.45, 7) is 6.07. The second-order valence-corrected chi connectivity index (χ2v) is 7.71. The van der Waals surface area contributed by atoms with E-state index in [0.717, 1.165) is 45.5 Å². The molecule has 7 nitrogen and oxygen atoms in total. The lowest BCUT2D eigenvalue weighted by atomic mass is 10.0. The van der Waals surface area contributed by atoms with E-state index >= 15 is 0 Å². The largest absolute Gasteiger partial charge is 0.491 e. The maximum absolute atomic E-state index is 12.9. The molecule has 0 aliphatic heterocycles. The van der Waals surface area contributed by atoms with Gasteiger partial charge in [0, 0.05) is 22.2 Å². The molecule has 2 heterocycles. The summed E-state index contributed by atoms with van der Waals surface area (Å²) in [5.41, 5.74) is 6.63. The smallest absolute Gasteiger partial charge is 0.255 e. The Hall–Kier alpha value is -3.71. The van der Waals surface area contributed by atoms with Gasteiger partial charge >= 0.3 is 0 Å². The van der Waals surface area contributed by atoms with E-state index in [1.165, 1.54) is 0 Å². The van der Waals surface area contributed by atoms with Crippen molar-refractivity contribution in [3.63, 3.8) is 0 Å². The first-order valence-electron chi connectivity index (χ1n) is 10.6. The van der Waals surface area contributed by atoms with Crippen molar-refractivity contribution in [2.45, 2.75) is 27.2 Å². The molecule has 1 amide bonds. The number of hydrogen-bond donors (Lipinski definition) is 3. The molecule has 0 aliphatic carbocycles. The number of nitrogens with one attached hydrogen (secondary N) is 2. The third-order valence-electron chi connectivity index (χ3n) is 5.28. The van der Waals surface area contributed by atoms with E-state index in [0.29, 0.717) is 17.0 Å². The summed E-state index contributed by atoms with van der Waals surface area (Å²) in [5.74, 6) is 0.319. The van der Waals surface area contributed by atoms with Crippen LogP contribution in [-0.2, 0) is 6.42 Å². The van der Waals surface area contributed by atoms with Crippen LogP contribution in [0, 0.1) is 13.8 Å². The number of fused-ring (bicyclic) bond motifs is 1. The lowest BCUT2D eigenvalue weighted by molar-refractivity contribution is 0.102. The summed E-state index contributed by atoms with van der Waals surface area (Å²) < 4.78 is 5.47. The third-order valence-corrected chi connectivity index (χ3v) is 5.28. The standard InChI is InChI=1S/C25H26N4O3/c1-4-22-20-7-8-23(27-24(20)29-28-22)21-14-18(6-5-16(21)3)26-25(31)17-11-15(2)12-19(13-17)32-10-9-30/h5-8,11-14,30H,4,9-10H2,1-3H3,(H,26,31)(H,27,28,29). The highest BCUT2D eigenvalue weighted by Gasteiger charge is 2.13. The first-order chi connectivity index (χ1) is 15.5. The molecule has 32 heavy (non-hydrogen) atoms. The number of aliphatic hydroxyl groups excluding tert-OH is 1. The summed E-state index contributed by atoms with van der Waals surface area (Å²) in [6, 6.07) is 15.1. The van der Waals surface area contributed by atoms with E-state index in [1.807, 2.05) is 50.2 Å². The van der Waals surface area contributed by atoms with E-state index in [-0.39, 0.29) is 19.1 Å². The van der Waals surface area contributed by atoms with Crippen molar-refractivity contribution in [2.24, 2.45) is 0 Å². The lowest BCUT2D eigenvalue weighted by Crippen LogP contribution is -2.13. The molecule has 0 spiro atoms. The van der Waals surface area contributed by atoms with E-state index in [4.69, 9.17) is 14.8 Å². The summed E-state index contributed by atoms with van der Waals surface area (Å²) in [4.78, 5) is 17.6. The van der Waals surface area contributed by atoms with Gasteiger partial charge in [-0.3, -0.25) is 9.89 Å². The summed E-state index contributed by atoms with van der Waals surface area (Å²) in [5, 5.41) is 20.3. The van der Waals surface area contributed by atoms with Crippen molar-refractivity contribution >= 4 is 22.6 Å². The maximum Gasteiger partial charge on any atom is 0.255 e. The Morgan fingerprint density at radius 3 is 2.75 bits per heavy atom. The number of hydrogen-bond acceptors (Lipinski definition) is 5. The number of aliphatic hydroxyl groups is 1. The number of amides is 1. The number of nitrogens with zero attached hydrogens (tertiary/aromatic N) is 2. The monoisotopic (exact) mass is 430 g/mol. The Kier molecular flexibility index (Phi) is 6.18. The molecule has 7 heteroatoms. The van der Waals surface area contributed by atoms with Crippen LogP contribution in [0.1, 0.15) is 34.1 Å². The topological polar surface area (TPSA) is 100 Å². The van der Waals surface area contributed by atoms with Gasteiger partial charge in [-0.25, -0.2) is 4.98 Å². The van der Waals surface area contributed by atoms with Gasteiger partial charge in [0.05, 0.1) is 18.0 Å². The molecule has 0 atom stereocenters. The second kappa shape index (κ2) is 9.20. The third kappa shape index (κ3) is 4.48. The van der Waals surface area contributed by atoms with Gasteiger partial charge in [-0.05, 0) is 73.9 Å². The van der Waals surface area contributed by atoms with E-state index in [2.05, 4.69) is 22.4 Å². The van der Waals surface area contributed by atoms with Gasteiger partial charge in [0.15, 0.2) is 5.65 Å². The van der Waals surface area contributed by atoms with E-state index < -0.39 is 0 Å². The van der Waals surface area contributed by atoms with Crippen molar-refractivity contribution in [1.29, 1.82) is 0 Å². The SMILES string of the molecule is CCc1n[nH]c2nc(-c3cc(NC(=O)c4cc(C)cc(OCCO)c4)ccc3C)ccc12.